The van der Waals surface area contributed by atoms with E-state index < -0.39 is 11.9 Å². The minimum Gasteiger partial charge on any atom is -0.480 e. The van der Waals surface area contributed by atoms with Crippen molar-refractivity contribution >= 4 is 18.7 Å². The standard InChI is InChI=1S/2C2H5NO2.CH2O/c2*3-1-2(4)5;1-2/h2*1,3H2,(H,4,5);1H2. The highest BCUT2D eigenvalue weighted by atomic mass is 16.4. The fourth-order valence-corrected chi connectivity index (χ4v) is 0. The topological polar surface area (TPSA) is 144 Å². The van der Waals surface area contributed by atoms with Gasteiger partial charge in [-0.3, -0.25) is 9.59 Å². The van der Waals surface area contributed by atoms with E-state index in [1.165, 1.54) is 0 Å². The normalized spacial score (nSPS) is 6.50. The van der Waals surface area contributed by atoms with Crippen molar-refractivity contribution in [2.45, 2.75) is 0 Å². The van der Waals surface area contributed by atoms with Crippen molar-refractivity contribution in [2.75, 3.05) is 13.1 Å². The van der Waals surface area contributed by atoms with Crippen LogP contribution in [-0.4, -0.2) is 42.0 Å². The van der Waals surface area contributed by atoms with Gasteiger partial charge in [0.05, 0.1) is 13.1 Å². The third-order valence-corrected chi connectivity index (χ3v) is 0.349. The predicted molar refractivity (Wildman–Crippen MR) is 40.5 cm³/mol. The van der Waals surface area contributed by atoms with Gasteiger partial charge in [0, 0.05) is 0 Å². The van der Waals surface area contributed by atoms with E-state index in [4.69, 9.17) is 15.0 Å². The van der Waals surface area contributed by atoms with Gasteiger partial charge < -0.3 is 26.5 Å². The lowest BCUT2D eigenvalue weighted by atomic mass is 10.7. The molecule has 0 aromatic rings. The lowest BCUT2D eigenvalue weighted by Gasteiger charge is -1.73. The molecule has 0 saturated carbocycles. The average Bonchev–Trinajstić information content (AvgIpc) is 2.09. The summed E-state index contributed by atoms with van der Waals surface area (Å²) in [4.78, 5) is 26.5. The van der Waals surface area contributed by atoms with Crippen LogP contribution in [0.5, 0.6) is 0 Å². The zero-order valence-corrected chi connectivity index (χ0v) is 6.40. The zero-order valence-electron chi connectivity index (χ0n) is 6.40. The Morgan fingerprint density at radius 2 is 1.08 bits per heavy atom. The van der Waals surface area contributed by atoms with Crippen LogP contribution in [-0.2, 0) is 14.4 Å². The SMILES string of the molecule is C=O.NCC(=O)O.NCC(=O)O. The van der Waals surface area contributed by atoms with E-state index in [9.17, 15) is 9.59 Å². The molecule has 6 N–H and O–H groups in total. The lowest BCUT2D eigenvalue weighted by molar-refractivity contribution is -0.136. The highest BCUT2D eigenvalue weighted by molar-refractivity contribution is 5.68. The maximum absolute atomic E-state index is 9.24. The molecule has 0 unspecified atom stereocenters. The molecule has 0 radical (unpaired) electrons. The average molecular weight is 180 g/mol. The van der Waals surface area contributed by atoms with E-state index in [1.807, 2.05) is 6.79 Å². The Morgan fingerprint density at radius 3 is 1.08 bits per heavy atom. The summed E-state index contributed by atoms with van der Waals surface area (Å²) >= 11 is 0. The number of hydrogen-bond acceptors (Lipinski definition) is 5. The summed E-state index contributed by atoms with van der Waals surface area (Å²) in [6.07, 6.45) is 0. The van der Waals surface area contributed by atoms with E-state index in [0.29, 0.717) is 0 Å². The molecule has 0 rings (SSSR count). The Labute approximate surface area is 69.0 Å². The lowest BCUT2D eigenvalue weighted by Crippen LogP contribution is -2.10. The predicted octanol–water partition coefficient (Wildman–Crippen LogP) is -2.13. The van der Waals surface area contributed by atoms with Crippen molar-refractivity contribution in [1.29, 1.82) is 0 Å². The first kappa shape index (κ1) is 16.9. The molecule has 0 bridgehead atoms. The third-order valence-electron chi connectivity index (χ3n) is 0.349. The number of carboxylic acids is 2. The molecule has 12 heavy (non-hydrogen) atoms. The maximum Gasteiger partial charge on any atom is 0.317 e. The number of nitrogens with two attached hydrogens (primary N) is 2. The molecule has 0 saturated heterocycles. The van der Waals surface area contributed by atoms with Crippen LogP contribution in [0.2, 0.25) is 0 Å². The quantitative estimate of drug-likeness (QED) is 0.380. The zero-order chi connectivity index (χ0) is 10.6. The van der Waals surface area contributed by atoms with Crippen molar-refractivity contribution in [2.24, 2.45) is 11.5 Å². The van der Waals surface area contributed by atoms with Crippen LogP contribution in [0.15, 0.2) is 0 Å². The Morgan fingerprint density at radius 1 is 1.00 bits per heavy atom. The van der Waals surface area contributed by atoms with Gasteiger partial charge in [0.1, 0.15) is 6.79 Å². The second kappa shape index (κ2) is 16.3. The van der Waals surface area contributed by atoms with Crippen LogP contribution in [0, 0.1) is 0 Å². The van der Waals surface area contributed by atoms with E-state index in [2.05, 4.69) is 11.5 Å². The molecule has 0 aromatic carbocycles. The molecule has 72 valence electrons. The number of rotatable bonds is 2. The summed E-state index contributed by atoms with van der Waals surface area (Å²) in [5, 5.41) is 15.2. The molecule has 0 spiro atoms. The summed E-state index contributed by atoms with van der Waals surface area (Å²) in [7, 11) is 0. The van der Waals surface area contributed by atoms with Crippen LogP contribution in [0.1, 0.15) is 0 Å². The number of carboxylic acid groups (broad SMARTS) is 2. The molecular formula is C5H12N2O5. The van der Waals surface area contributed by atoms with Gasteiger partial charge in [-0.25, -0.2) is 0 Å². The Kier molecular flexibility index (Phi) is 22.9. The summed E-state index contributed by atoms with van der Waals surface area (Å²) in [6.45, 7) is 1.44. The van der Waals surface area contributed by atoms with E-state index in [0.717, 1.165) is 0 Å². The number of carbonyl (C=O) groups is 3. The monoisotopic (exact) mass is 180 g/mol. The first-order valence-electron chi connectivity index (χ1n) is 2.67. The fourth-order valence-electron chi connectivity index (χ4n) is 0. The highest BCUT2D eigenvalue weighted by Gasteiger charge is 1.81. The van der Waals surface area contributed by atoms with Crippen molar-refractivity contribution < 1.29 is 24.6 Å². The van der Waals surface area contributed by atoms with Crippen LogP contribution in [0.4, 0.5) is 0 Å². The summed E-state index contributed by atoms with van der Waals surface area (Å²) in [5.74, 6) is -1.94. The van der Waals surface area contributed by atoms with Crippen molar-refractivity contribution in [1.82, 2.24) is 0 Å². The van der Waals surface area contributed by atoms with Crippen LogP contribution < -0.4 is 11.5 Å². The second-order valence-corrected chi connectivity index (χ2v) is 1.20. The smallest absolute Gasteiger partial charge is 0.317 e. The first-order chi connectivity index (χ1) is 5.54. The molecular weight excluding hydrogens is 168 g/mol. The van der Waals surface area contributed by atoms with Gasteiger partial charge in [-0.05, 0) is 0 Å². The molecule has 0 fully saturated rings. The Bertz CT molecular complexity index is 113. The van der Waals surface area contributed by atoms with Gasteiger partial charge in [0.15, 0.2) is 0 Å². The summed E-state index contributed by atoms with van der Waals surface area (Å²) in [5.41, 5.74) is 9.14. The van der Waals surface area contributed by atoms with Crippen LogP contribution >= 0.6 is 0 Å². The molecule has 0 aliphatic carbocycles. The van der Waals surface area contributed by atoms with Crippen molar-refractivity contribution in [3.05, 3.63) is 0 Å². The molecule has 0 amide bonds. The van der Waals surface area contributed by atoms with Gasteiger partial charge >= 0.3 is 11.9 Å². The highest BCUT2D eigenvalue weighted by Crippen LogP contribution is 1.44. The van der Waals surface area contributed by atoms with E-state index in [1.54, 1.807) is 0 Å². The fraction of sp³-hybridized carbons (Fsp3) is 0.400. The maximum atomic E-state index is 9.24. The first-order valence-corrected chi connectivity index (χ1v) is 2.67. The molecule has 7 heteroatoms. The summed E-state index contributed by atoms with van der Waals surface area (Å²) < 4.78 is 0. The molecule has 0 aliphatic rings. The number of aliphatic carboxylic acids is 2. The molecule has 0 aromatic heterocycles. The van der Waals surface area contributed by atoms with Crippen molar-refractivity contribution in [3.63, 3.8) is 0 Å². The Hall–Kier alpha value is -1.47. The number of carbonyl (C=O) groups excluding carboxylic acids is 1. The van der Waals surface area contributed by atoms with Crippen molar-refractivity contribution in [3.8, 4) is 0 Å². The molecule has 0 aliphatic heterocycles. The van der Waals surface area contributed by atoms with E-state index >= 15 is 0 Å². The second-order valence-electron chi connectivity index (χ2n) is 1.20. The molecule has 0 heterocycles. The molecule has 0 atom stereocenters. The Balaban J connectivity index is -0.000000112. The van der Waals surface area contributed by atoms with E-state index in [-0.39, 0.29) is 13.1 Å². The van der Waals surface area contributed by atoms with Gasteiger partial charge in [0.2, 0.25) is 0 Å². The van der Waals surface area contributed by atoms with Gasteiger partial charge in [-0.2, -0.15) is 0 Å². The van der Waals surface area contributed by atoms with Gasteiger partial charge in [-0.1, -0.05) is 0 Å². The minimum atomic E-state index is -0.968. The van der Waals surface area contributed by atoms with Crippen LogP contribution in [0.3, 0.4) is 0 Å². The molecule has 7 nitrogen and oxygen atoms in total. The summed E-state index contributed by atoms with van der Waals surface area (Å²) in [6, 6.07) is 0. The van der Waals surface area contributed by atoms with Gasteiger partial charge in [-0.15, -0.1) is 0 Å². The largest absolute Gasteiger partial charge is 0.480 e. The third kappa shape index (κ3) is 75.6. The van der Waals surface area contributed by atoms with Crippen LogP contribution in [0.25, 0.3) is 0 Å². The van der Waals surface area contributed by atoms with Gasteiger partial charge in [0.25, 0.3) is 0 Å². The number of hydrogen-bond donors (Lipinski definition) is 4. The minimum absolute atomic E-state index is 0.278.